The Morgan fingerprint density at radius 2 is 2.23 bits per heavy atom. The molecule has 0 spiro atoms. The molecule has 5 nitrogen and oxygen atoms in total. The molecule has 7 heteroatoms. The summed E-state index contributed by atoms with van der Waals surface area (Å²) >= 11 is 2.73. The van der Waals surface area contributed by atoms with Crippen LogP contribution in [0.3, 0.4) is 0 Å². The van der Waals surface area contributed by atoms with Crippen LogP contribution in [0, 0.1) is 0 Å². The minimum Gasteiger partial charge on any atom is -0.349 e. The Labute approximate surface area is 159 Å². The van der Waals surface area contributed by atoms with E-state index in [-0.39, 0.29) is 23.3 Å². The Morgan fingerprint density at radius 3 is 3.08 bits per heavy atom. The van der Waals surface area contributed by atoms with Crippen LogP contribution in [0.5, 0.6) is 0 Å². The molecule has 3 aromatic rings. The second-order valence-electron chi connectivity index (χ2n) is 6.23. The van der Waals surface area contributed by atoms with E-state index in [2.05, 4.69) is 22.4 Å². The molecule has 0 saturated carbocycles. The highest BCUT2D eigenvalue weighted by molar-refractivity contribution is 7.99. The molecule has 2 heterocycles. The number of hydrogen-bond acceptors (Lipinski definition) is 5. The number of aryl methyl sites for hydroxylation is 1. The van der Waals surface area contributed by atoms with Crippen molar-refractivity contribution in [1.82, 2.24) is 14.9 Å². The first-order valence-corrected chi connectivity index (χ1v) is 10.5. The average Bonchev–Trinajstić information content (AvgIpc) is 3.28. The van der Waals surface area contributed by atoms with Crippen molar-refractivity contribution in [2.24, 2.45) is 0 Å². The summed E-state index contributed by atoms with van der Waals surface area (Å²) in [6.45, 7) is 2.46. The van der Waals surface area contributed by atoms with E-state index in [1.807, 2.05) is 30.5 Å². The predicted molar refractivity (Wildman–Crippen MR) is 106 cm³/mol. The van der Waals surface area contributed by atoms with E-state index in [9.17, 15) is 9.59 Å². The lowest BCUT2D eigenvalue weighted by Gasteiger charge is -2.14. The van der Waals surface area contributed by atoms with Gasteiger partial charge in [-0.2, -0.15) is 0 Å². The molecule has 1 aromatic carbocycles. The van der Waals surface area contributed by atoms with Gasteiger partial charge in [-0.3, -0.25) is 14.2 Å². The van der Waals surface area contributed by atoms with Crippen LogP contribution in [0.1, 0.15) is 30.5 Å². The third kappa shape index (κ3) is 3.17. The van der Waals surface area contributed by atoms with Gasteiger partial charge in [-0.15, -0.1) is 11.3 Å². The fourth-order valence-corrected chi connectivity index (χ4v) is 5.04. The number of thiophene rings is 1. The minimum atomic E-state index is -0.0287. The molecule has 0 saturated heterocycles. The number of carbonyl (C=O) groups is 1. The van der Waals surface area contributed by atoms with Crippen molar-refractivity contribution in [3.8, 4) is 0 Å². The van der Waals surface area contributed by atoms with Crippen LogP contribution < -0.4 is 10.9 Å². The average molecular weight is 386 g/mol. The minimum absolute atomic E-state index is 0.0277. The molecule has 0 radical (unpaired) electrons. The van der Waals surface area contributed by atoms with E-state index in [0.717, 1.165) is 12.8 Å². The van der Waals surface area contributed by atoms with Gasteiger partial charge < -0.3 is 5.32 Å². The van der Waals surface area contributed by atoms with Crippen molar-refractivity contribution in [3.63, 3.8) is 0 Å². The van der Waals surface area contributed by atoms with E-state index >= 15 is 0 Å². The number of hydrogen-bond donors (Lipinski definition) is 1. The fourth-order valence-electron chi connectivity index (χ4n) is 3.39. The number of amides is 1. The summed E-state index contributed by atoms with van der Waals surface area (Å²) in [5, 5.41) is 5.59. The molecular formula is C19H19N3O2S2. The lowest BCUT2D eigenvalue weighted by molar-refractivity contribution is -0.119. The van der Waals surface area contributed by atoms with Crippen LogP contribution in [-0.4, -0.2) is 21.2 Å². The summed E-state index contributed by atoms with van der Waals surface area (Å²) in [6.07, 6.45) is 1.94. The van der Waals surface area contributed by atoms with Crippen molar-refractivity contribution >= 4 is 39.2 Å². The maximum atomic E-state index is 12.5. The molecule has 26 heavy (non-hydrogen) atoms. The first-order valence-electron chi connectivity index (χ1n) is 8.65. The van der Waals surface area contributed by atoms with Gasteiger partial charge in [-0.1, -0.05) is 36.0 Å². The topological polar surface area (TPSA) is 64.0 Å². The number of nitrogens with one attached hydrogen (secondary N) is 1. The summed E-state index contributed by atoms with van der Waals surface area (Å²) in [7, 11) is 0. The first kappa shape index (κ1) is 17.3. The predicted octanol–water partition coefficient (Wildman–Crippen LogP) is 3.37. The van der Waals surface area contributed by atoms with Crippen molar-refractivity contribution in [1.29, 1.82) is 0 Å². The van der Waals surface area contributed by atoms with Gasteiger partial charge in [-0.25, -0.2) is 4.98 Å². The summed E-state index contributed by atoms with van der Waals surface area (Å²) in [5.74, 6) is 0.222. The monoisotopic (exact) mass is 385 g/mol. The van der Waals surface area contributed by atoms with Gasteiger partial charge >= 0.3 is 0 Å². The van der Waals surface area contributed by atoms with Crippen LogP contribution in [0.25, 0.3) is 10.2 Å². The Balaban J connectivity index is 1.47. The highest BCUT2D eigenvalue weighted by atomic mass is 32.2. The number of benzene rings is 1. The molecule has 1 atom stereocenters. The third-order valence-electron chi connectivity index (χ3n) is 4.65. The number of fused-ring (bicyclic) bond motifs is 2. The van der Waals surface area contributed by atoms with E-state index in [1.54, 1.807) is 4.57 Å². The number of aromatic nitrogens is 2. The highest BCUT2D eigenvalue weighted by Crippen LogP contribution is 2.30. The van der Waals surface area contributed by atoms with Crippen LogP contribution >= 0.6 is 23.1 Å². The zero-order chi connectivity index (χ0) is 18.1. The second kappa shape index (κ2) is 7.25. The van der Waals surface area contributed by atoms with Crippen molar-refractivity contribution < 1.29 is 4.79 Å². The van der Waals surface area contributed by atoms with Gasteiger partial charge in [-0.05, 0) is 42.3 Å². The first-order chi connectivity index (χ1) is 12.7. The maximum Gasteiger partial charge on any atom is 0.272 e. The van der Waals surface area contributed by atoms with Crippen molar-refractivity contribution in [3.05, 3.63) is 57.2 Å². The van der Waals surface area contributed by atoms with Crippen LogP contribution in [0.2, 0.25) is 0 Å². The molecule has 2 aromatic heterocycles. The van der Waals surface area contributed by atoms with Gasteiger partial charge in [0.2, 0.25) is 5.91 Å². The Morgan fingerprint density at radius 1 is 1.38 bits per heavy atom. The number of nitrogens with zero attached hydrogens (tertiary/aromatic N) is 2. The Kier molecular flexibility index (Phi) is 4.82. The van der Waals surface area contributed by atoms with Crippen LogP contribution in [-0.2, 0) is 17.8 Å². The molecule has 0 aliphatic heterocycles. The molecule has 1 aliphatic carbocycles. The number of rotatable bonds is 5. The van der Waals surface area contributed by atoms with Crippen LogP contribution in [0.15, 0.2) is 45.7 Å². The third-order valence-corrected chi connectivity index (χ3v) is 6.52. The van der Waals surface area contributed by atoms with Crippen molar-refractivity contribution in [2.45, 2.75) is 37.5 Å². The molecule has 1 unspecified atom stereocenters. The molecule has 0 bridgehead atoms. The van der Waals surface area contributed by atoms with E-state index in [0.29, 0.717) is 21.9 Å². The van der Waals surface area contributed by atoms with Gasteiger partial charge in [0.15, 0.2) is 5.16 Å². The standard InChI is InChI=1S/C19H19N3O2S2/c1-2-22-18(24)17-15(9-10-25-17)21-19(22)26-11-16(23)20-14-8-7-12-5-3-4-6-13(12)14/h3-6,9-10,14H,2,7-8,11H2,1H3,(H,20,23). The smallest absolute Gasteiger partial charge is 0.272 e. The molecular weight excluding hydrogens is 366 g/mol. The van der Waals surface area contributed by atoms with Gasteiger partial charge in [0, 0.05) is 6.54 Å². The summed E-state index contributed by atoms with van der Waals surface area (Å²) in [4.78, 5) is 29.5. The summed E-state index contributed by atoms with van der Waals surface area (Å²) in [6, 6.07) is 10.2. The van der Waals surface area contributed by atoms with E-state index in [1.165, 1.54) is 34.2 Å². The normalized spacial score (nSPS) is 16.0. The number of carbonyl (C=O) groups excluding carboxylic acids is 1. The van der Waals surface area contributed by atoms with Gasteiger partial charge in [0.25, 0.3) is 5.56 Å². The maximum absolute atomic E-state index is 12.5. The Hall–Kier alpha value is -2.12. The SMILES string of the molecule is CCn1c(SCC(=O)NC2CCc3ccccc32)nc2ccsc2c1=O. The van der Waals surface area contributed by atoms with Gasteiger partial charge in [0.05, 0.1) is 17.3 Å². The lowest BCUT2D eigenvalue weighted by Crippen LogP contribution is -2.29. The molecule has 1 amide bonds. The molecule has 134 valence electrons. The molecule has 0 fully saturated rings. The van der Waals surface area contributed by atoms with E-state index < -0.39 is 0 Å². The molecule has 4 rings (SSSR count). The van der Waals surface area contributed by atoms with Crippen molar-refractivity contribution in [2.75, 3.05) is 5.75 Å². The van der Waals surface area contributed by atoms with E-state index in [4.69, 9.17) is 0 Å². The largest absolute Gasteiger partial charge is 0.349 e. The summed E-state index contributed by atoms with van der Waals surface area (Å²) < 4.78 is 2.31. The summed E-state index contributed by atoms with van der Waals surface area (Å²) in [5.41, 5.74) is 3.21. The lowest BCUT2D eigenvalue weighted by atomic mass is 10.1. The number of thioether (sulfide) groups is 1. The molecule has 1 aliphatic rings. The zero-order valence-corrected chi connectivity index (χ0v) is 16.0. The van der Waals surface area contributed by atoms with Crippen LogP contribution in [0.4, 0.5) is 0 Å². The van der Waals surface area contributed by atoms with Gasteiger partial charge in [0.1, 0.15) is 4.70 Å². The Bertz CT molecular complexity index is 1030. The zero-order valence-electron chi connectivity index (χ0n) is 14.4. The second-order valence-corrected chi connectivity index (χ2v) is 8.08. The highest BCUT2D eigenvalue weighted by Gasteiger charge is 2.23. The quantitative estimate of drug-likeness (QED) is 0.540. The molecule has 1 N–H and O–H groups in total. The fraction of sp³-hybridized carbons (Fsp3) is 0.316.